The zero-order chi connectivity index (χ0) is 16.1. The molecule has 0 aliphatic carbocycles. The fourth-order valence-electron chi connectivity index (χ4n) is 1.86. The maximum absolute atomic E-state index is 13.1. The molecule has 0 aliphatic rings. The standard InChI is InChI=1S/C16H14ClFN2O2/c1-20(16(22)11-3-2-4-13(18)9-11)10-15(21)19-14-7-5-12(17)6-8-14/h2-9H,10H2,1H3,(H,19,21). The summed E-state index contributed by atoms with van der Waals surface area (Å²) in [5.74, 6) is -1.27. The summed E-state index contributed by atoms with van der Waals surface area (Å²) in [6.07, 6.45) is 0. The lowest BCUT2D eigenvalue weighted by Crippen LogP contribution is -2.34. The number of benzene rings is 2. The van der Waals surface area contributed by atoms with Crippen LogP contribution in [-0.2, 0) is 4.79 Å². The number of carbonyl (C=O) groups is 2. The van der Waals surface area contributed by atoms with Gasteiger partial charge in [0, 0.05) is 23.3 Å². The molecule has 2 aromatic rings. The summed E-state index contributed by atoms with van der Waals surface area (Å²) in [6, 6.07) is 12.0. The Bertz CT molecular complexity index is 689. The number of anilines is 1. The van der Waals surface area contributed by atoms with Crippen molar-refractivity contribution in [3.63, 3.8) is 0 Å². The Morgan fingerprint density at radius 3 is 2.50 bits per heavy atom. The zero-order valence-electron chi connectivity index (χ0n) is 11.8. The monoisotopic (exact) mass is 320 g/mol. The highest BCUT2D eigenvalue weighted by Crippen LogP contribution is 2.13. The first-order valence-corrected chi connectivity index (χ1v) is 6.90. The van der Waals surface area contributed by atoms with Crippen molar-refractivity contribution in [2.45, 2.75) is 0 Å². The Labute approximate surface area is 132 Å². The van der Waals surface area contributed by atoms with E-state index in [2.05, 4.69) is 5.32 Å². The third-order valence-corrected chi connectivity index (χ3v) is 3.18. The van der Waals surface area contributed by atoms with Crippen molar-refractivity contribution in [3.05, 3.63) is 64.9 Å². The summed E-state index contributed by atoms with van der Waals surface area (Å²) in [6.45, 7) is -0.141. The molecular formula is C16H14ClFN2O2. The predicted molar refractivity (Wildman–Crippen MR) is 83.4 cm³/mol. The fraction of sp³-hybridized carbons (Fsp3) is 0.125. The molecular weight excluding hydrogens is 307 g/mol. The Hall–Kier alpha value is -2.40. The van der Waals surface area contributed by atoms with Crippen LogP contribution in [0.25, 0.3) is 0 Å². The smallest absolute Gasteiger partial charge is 0.254 e. The molecule has 0 unspecified atom stereocenters. The van der Waals surface area contributed by atoms with Crippen molar-refractivity contribution in [2.24, 2.45) is 0 Å². The van der Waals surface area contributed by atoms with Gasteiger partial charge in [0.15, 0.2) is 0 Å². The lowest BCUT2D eigenvalue weighted by Gasteiger charge is -2.17. The Balaban J connectivity index is 1.96. The molecule has 22 heavy (non-hydrogen) atoms. The van der Waals surface area contributed by atoms with Crippen LogP contribution in [0.5, 0.6) is 0 Å². The number of hydrogen-bond donors (Lipinski definition) is 1. The highest BCUT2D eigenvalue weighted by Gasteiger charge is 2.15. The molecule has 0 aromatic heterocycles. The van der Waals surface area contributed by atoms with Crippen LogP contribution in [0.15, 0.2) is 48.5 Å². The van der Waals surface area contributed by atoms with Gasteiger partial charge in [-0.2, -0.15) is 0 Å². The van der Waals surface area contributed by atoms with E-state index in [9.17, 15) is 14.0 Å². The quantitative estimate of drug-likeness (QED) is 0.940. The van der Waals surface area contributed by atoms with Crippen LogP contribution in [0.1, 0.15) is 10.4 Å². The van der Waals surface area contributed by atoms with Gasteiger partial charge in [0.05, 0.1) is 6.54 Å². The van der Waals surface area contributed by atoms with E-state index in [-0.39, 0.29) is 18.0 Å². The first kappa shape index (κ1) is 16.0. The van der Waals surface area contributed by atoms with Crippen LogP contribution < -0.4 is 5.32 Å². The Morgan fingerprint density at radius 2 is 1.86 bits per heavy atom. The van der Waals surface area contributed by atoms with Gasteiger partial charge in [-0.25, -0.2) is 4.39 Å². The molecule has 0 saturated carbocycles. The second kappa shape index (κ2) is 7.04. The third kappa shape index (κ3) is 4.30. The number of nitrogens with zero attached hydrogens (tertiary/aromatic N) is 1. The van der Waals surface area contributed by atoms with E-state index >= 15 is 0 Å². The summed E-state index contributed by atoms with van der Waals surface area (Å²) in [7, 11) is 1.48. The fourth-order valence-corrected chi connectivity index (χ4v) is 1.99. The largest absolute Gasteiger partial charge is 0.332 e. The van der Waals surface area contributed by atoms with E-state index in [0.717, 1.165) is 6.07 Å². The first-order valence-electron chi connectivity index (χ1n) is 6.52. The van der Waals surface area contributed by atoms with Crippen LogP contribution in [-0.4, -0.2) is 30.3 Å². The van der Waals surface area contributed by atoms with Crippen molar-refractivity contribution in [3.8, 4) is 0 Å². The minimum Gasteiger partial charge on any atom is -0.332 e. The van der Waals surface area contributed by atoms with Crippen molar-refractivity contribution in [2.75, 3.05) is 18.9 Å². The maximum Gasteiger partial charge on any atom is 0.254 e. The first-order chi connectivity index (χ1) is 10.5. The molecule has 0 bridgehead atoms. The van der Waals surface area contributed by atoms with E-state index < -0.39 is 11.7 Å². The van der Waals surface area contributed by atoms with E-state index in [1.165, 1.54) is 30.1 Å². The van der Waals surface area contributed by atoms with E-state index in [1.54, 1.807) is 24.3 Å². The van der Waals surface area contributed by atoms with Crippen molar-refractivity contribution in [1.29, 1.82) is 0 Å². The topological polar surface area (TPSA) is 49.4 Å². The molecule has 2 amide bonds. The predicted octanol–water partition coefficient (Wildman–Crippen LogP) is 3.19. The number of nitrogens with one attached hydrogen (secondary N) is 1. The van der Waals surface area contributed by atoms with Crippen LogP contribution in [0.3, 0.4) is 0 Å². The second-order valence-corrected chi connectivity index (χ2v) is 5.16. The molecule has 0 saturated heterocycles. The third-order valence-electron chi connectivity index (χ3n) is 2.93. The molecule has 0 spiro atoms. The minimum absolute atomic E-state index is 0.141. The molecule has 1 N–H and O–H groups in total. The number of rotatable bonds is 4. The molecule has 114 valence electrons. The van der Waals surface area contributed by atoms with Crippen molar-refractivity contribution in [1.82, 2.24) is 4.90 Å². The summed E-state index contributed by atoms with van der Waals surface area (Å²) in [5.41, 5.74) is 0.780. The lowest BCUT2D eigenvalue weighted by atomic mass is 10.2. The molecule has 2 rings (SSSR count). The normalized spacial score (nSPS) is 10.1. The average molecular weight is 321 g/mol. The molecule has 0 aliphatic heterocycles. The van der Waals surface area contributed by atoms with E-state index in [4.69, 9.17) is 11.6 Å². The number of halogens is 2. The van der Waals surface area contributed by atoms with E-state index in [0.29, 0.717) is 10.7 Å². The summed E-state index contributed by atoms with van der Waals surface area (Å²) >= 11 is 5.76. The number of hydrogen-bond acceptors (Lipinski definition) is 2. The van der Waals surface area contributed by atoms with Gasteiger partial charge >= 0.3 is 0 Å². The highest BCUT2D eigenvalue weighted by molar-refractivity contribution is 6.30. The lowest BCUT2D eigenvalue weighted by molar-refractivity contribution is -0.116. The molecule has 2 aromatic carbocycles. The molecule has 0 atom stereocenters. The number of carbonyl (C=O) groups excluding carboxylic acids is 2. The van der Waals surface area contributed by atoms with Gasteiger partial charge < -0.3 is 10.2 Å². The van der Waals surface area contributed by atoms with Crippen LogP contribution >= 0.6 is 11.6 Å². The number of amides is 2. The van der Waals surface area contributed by atoms with Crippen molar-refractivity contribution >= 4 is 29.1 Å². The minimum atomic E-state index is -0.495. The Kier molecular flexibility index (Phi) is 5.12. The van der Waals surface area contributed by atoms with E-state index in [1.807, 2.05) is 0 Å². The molecule has 0 heterocycles. The van der Waals surface area contributed by atoms with Gasteiger partial charge in [-0.3, -0.25) is 9.59 Å². The molecule has 6 heteroatoms. The van der Waals surface area contributed by atoms with Gasteiger partial charge in [0.25, 0.3) is 5.91 Å². The second-order valence-electron chi connectivity index (χ2n) is 4.73. The van der Waals surface area contributed by atoms with Gasteiger partial charge in [0.2, 0.25) is 5.91 Å². The van der Waals surface area contributed by atoms with Gasteiger partial charge in [-0.05, 0) is 42.5 Å². The molecule has 4 nitrogen and oxygen atoms in total. The van der Waals surface area contributed by atoms with Crippen molar-refractivity contribution < 1.29 is 14.0 Å². The van der Waals surface area contributed by atoms with Gasteiger partial charge in [0.1, 0.15) is 5.82 Å². The summed E-state index contributed by atoms with van der Waals surface area (Å²) < 4.78 is 13.1. The highest BCUT2D eigenvalue weighted by atomic mass is 35.5. The summed E-state index contributed by atoms with van der Waals surface area (Å²) in [4.78, 5) is 25.2. The zero-order valence-corrected chi connectivity index (χ0v) is 12.6. The summed E-state index contributed by atoms with van der Waals surface area (Å²) in [5, 5.41) is 3.22. The average Bonchev–Trinajstić information content (AvgIpc) is 2.48. The Morgan fingerprint density at radius 1 is 1.18 bits per heavy atom. The van der Waals surface area contributed by atoms with Crippen LogP contribution in [0.4, 0.5) is 10.1 Å². The molecule has 0 fully saturated rings. The SMILES string of the molecule is CN(CC(=O)Nc1ccc(Cl)cc1)C(=O)c1cccc(F)c1. The van der Waals surface area contributed by atoms with Crippen LogP contribution in [0.2, 0.25) is 5.02 Å². The van der Waals surface area contributed by atoms with Gasteiger partial charge in [-0.15, -0.1) is 0 Å². The van der Waals surface area contributed by atoms with Crippen LogP contribution in [0, 0.1) is 5.82 Å². The maximum atomic E-state index is 13.1. The molecule has 0 radical (unpaired) electrons. The van der Waals surface area contributed by atoms with Gasteiger partial charge in [-0.1, -0.05) is 17.7 Å². The number of likely N-dealkylation sites (N-methyl/N-ethyl adjacent to an activating group) is 1.